The Morgan fingerprint density at radius 1 is 0.939 bits per heavy atom. The van der Waals surface area contributed by atoms with Crippen LogP contribution in [0.2, 0.25) is 0 Å². The number of benzene rings is 3. The second kappa shape index (κ2) is 9.11. The molecule has 1 fully saturated rings. The molecule has 0 bridgehead atoms. The lowest BCUT2D eigenvalue weighted by Crippen LogP contribution is -2.47. The first-order valence-corrected chi connectivity index (χ1v) is 11.9. The van der Waals surface area contributed by atoms with Crippen LogP contribution < -0.4 is 14.5 Å². The molecule has 0 unspecified atom stereocenters. The fourth-order valence-corrected chi connectivity index (χ4v) is 5.27. The molecule has 9 heteroatoms. The molecule has 1 aliphatic rings. The smallest absolute Gasteiger partial charge is 0.337 e. The van der Waals surface area contributed by atoms with Gasteiger partial charge in [0.1, 0.15) is 5.82 Å². The van der Waals surface area contributed by atoms with Gasteiger partial charge in [-0.2, -0.15) is 0 Å². The summed E-state index contributed by atoms with van der Waals surface area (Å²) < 4.78 is 41.2. The van der Waals surface area contributed by atoms with Crippen molar-refractivity contribution in [2.75, 3.05) is 40.7 Å². The van der Waals surface area contributed by atoms with Crippen LogP contribution in [0.15, 0.2) is 71.6 Å². The van der Waals surface area contributed by atoms with Gasteiger partial charge in [0.25, 0.3) is 10.0 Å². The molecule has 172 valence electrons. The minimum absolute atomic E-state index is 0.0233. The SMILES string of the molecule is Cc1ccccc1S(=O)(=O)Nc1ccc(N2CCN(c3ccc(F)cc3)CC2)c(C(=O)O)c1. The summed E-state index contributed by atoms with van der Waals surface area (Å²) in [6.07, 6.45) is 0. The van der Waals surface area contributed by atoms with Gasteiger partial charge in [0.15, 0.2) is 0 Å². The number of sulfonamides is 1. The van der Waals surface area contributed by atoms with E-state index < -0.39 is 16.0 Å². The van der Waals surface area contributed by atoms with Gasteiger partial charge in [-0.05, 0) is 61.0 Å². The highest BCUT2D eigenvalue weighted by Gasteiger charge is 2.23. The summed E-state index contributed by atoms with van der Waals surface area (Å²) in [6.45, 7) is 4.14. The standard InChI is InChI=1S/C24H24FN3O4S/c1-17-4-2-3-5-23(17)33(31,32)26-19-8-11-22(21(16-19)24(29)30)28-14-12-27(13-15-28)20-9-6-18(25)7-10-20/h2-11,16,26H,12-15H2,1H3,(H,29,30). The van der Waals surface area contributed by atoms with Crippen LogP contribution in [0.3, 0.4) is 0 Å². The van der Waals surface area contributed by atoms with Crippen LogP contribution in [0.25, 0.3) is 0 Å². The predicted octanol–water partition coefficient (Wildman–Crippen LogP) is 3.96. The van der Waals surface area contributed by atoms with Gasteiger partial charge in [-0.25, -0.2) is 17.6 Å². The lowest BCUT2D eigenvalue weighted by atomic mass is 10.1. The number of anilines is 3. The second-order valence-corrected chi connectivity index (χ2v) is 9.51. The zero-order chi connectivity index (χ0) is 23.6. The summed E-state index contributed by atoms with van der Waals surface area (Å²) in [5.74, 6) is -1.43. The van der Waals surface area contributed by atoms with E-state index >= 15 is 0 Å². The lowest BCUT2D eigenvalue weighted by Gasteiger charge is -2.38. The van der Waals surface area contributed by atoms with E-state index in [9.17, 15) is 22.7 Å². The van der Waals surface area contributed by atoms with Crippen molar-refractivity contribution in [3.05, 3.63) is 83.7 Å². The van der Waals surface area contributed by atoms with E-state index in [4.69, 9.17) is 0 Å². The number of rotatable bonds is 6. The number of carbonyl (C=O) groups is 1. The highest BCUT2D eigenvalue weighted by Crippen LogP contribution is 2.28. The van der Waals surface area contributed by atoms with Gasteiger partial charge in [-0.15, -0.1) is 0 Å². The zero-order valence-corrected chi connectivity index (χ0v) is 18.8. The van der Waals surface area contributed by atoms with Crippen molar-refractivity contribution < 1.29 is 22.7 Å². The first kappa shape index (κ1) is 22.6. The van der Waals surface area contributed by atoms with Crippen LogP contribution >= 0.6 is 0 Å². The van der Waals surface area contributed by atoms with Crippen molar-refractivity contribution in [1.29, 1.82) is 0 Å². The van der Waals surface area contributed by atoms with E-state index in [1.807, 2.05) is 4.90 Å². The molecule has 0 spiro atoms. The van der Waals surface area contributed by atoms with Crippen molar-refractivity contribution in [2.45, 2.75) is 11.8 Å². The molecule has 1 aliphatic heterocycles. The molecule has 2 N–H and O–H groups in total. The quantitative estimate of drug-likeness (QED) is 0.568. The van der Waals surface area contributed by atoms with Gasteiger partial charge in [-0.3, -0.25) is 4.72 Å². The number of hydrogen-bond donors (Lipinski definition) is 2. The Balaban J connectivity index is 1.53. The molecule has 1 heterocycles. The number of nitrogens with one attached hydrogen (secondary N) is 1. The Kier molecular flexibility index (Phi) is 6.24. The van der Waals surface area contributed by atoms with Gasteiger partial charge in [-0.1, -0.05) is 18.2 Å². The minimum Gasteiger partial charge on any atom is -0.478 e. The summed E-state index contributed by atoms with van der Waals surface area (Å²) in [5, 5.41) is 9.79. The number of halogens is 1. The van der Waals surface area contributed by atoms with E-state index in [0.717, 1.165) is 5.69 Å². The van der Waals surface area contributed by atoms with Crippen LogP contribution in [-0.4, -0.2) is 45.7 Å². The van der Waals surface area contributed by atoms with Gasteiger partial charge in [0, 0.05) is 37.6 Å². The van der Waals surface area contributed by atoms with Gasteiger partial charge in [0.05, 0.1) is 16.1 Å². The number of aromatic carboxylic acids is 1. The number of hydrogen-bond acceptors (Lipinski definition) is 5. The molecule has 0 atom stereocenters. The van der Waals surface area contributed by atoms with Gasteiger partial charge >= 0.3 is 5.97 Å². The first-order chi connectivity index (χ1) is 15.7. The van der Waals surface area contributed by atoms with E-state index in [1.54, 1.807) is 49.4 Å². The number of carboxylic acid groups (broad SMARTS) is 1. The third-order valence-electron chi connectivity index (χ3n) is 5.67. The molecule has 0 aliphatic carbocycles. The highest BCUT2D eigenvalue weighted by atomic mass is 32.2. The average Bonchev–Trinajstić information content (AvgIpc) is 2.79. The van der Waals surface area contributed by atoms with Gasteiger partial charge < -0.3 is 14.9 Å². The fourth-order valence-electron chi connectivity index (χ4n) is 3.97. The normalized spacial score (nSPS) is 14.2. The third kappa shape index (κ3) is 4.93. The Morgan fingerprint density at radius 3 is 2.21 bits per heavy atom. The van der Waals surface area contributed by atoms with Crippen LogP contribution in [0.1, 0.15) is 15.9 Å². The molecule has 0 aromatic heterocycles. The average molecular weight is 470 g/mol. The number of carboxylic acids is 1. The molecule has 1 saturated heterocycles. The number of nitrogens with zero attached hydrogens (tertiary/aromatic N) is 2. The summed E-state index contributed by atoms with van der Waals surface area (Å²) in [5.41, 5.74) is 2.24. The monoisotopic (exact) mass is 469 g/mol. The summed E-state index contributed by atoms with van der Waals surface area (Å²) in [7, 11) is -3.86. The molecule has 3 aromatic carbocycles. The Bertz CT molecular complexity index is 1270. The molecule has 0 radical (unpaired) electrons. The predicted molar refractivity (Wildman–Crippen MR) is 126 cm³/mol. The summed E-state index contributed by atoms with van der Waals surface area (Å²) in [6, 6.07) is 17.4. The fraction of sp³-hybridized carbons (Fsp3) is 0.208. The van der Waals surface area contributed by atoms with Crippen LogP contribution in [0.5, 0.6) is 0 Å². The number of piperazine rings is 1. The molecule has 0 amide bonds. The van der Waals surface area contributed by atoms with E-state index in [0.29, 0.717) is 37.4 Å². The van der Waals surface area contributed by atoms with Crippen molar-refractivity contribution in [2.24, 2.45) is 0 Å². The maximum atomic E-state index is 13.2. The third-order valence-corrected chi connectivity index (χ3v) is 7.22. The van der Waals surface area contributed by atoms with Crippen molar-refractivity contribution in [3.63, 3.8) is 0 Å². The topological polar surface area (TPSA) is 90.0 Å². The van der Waals surface area contributed by atoms with Crippen molar-refractivity contribution in [3.8, 4) is 0 Å². The molecular weight excluding hydrogens is 445 g/mol. The lowest BCUT2D eigenvalue weighted by molar-refractivity contribution is 0.0697. The summed E-state index contributed by atoms with van der Waals surface area (Å²) >= 11 is 0. The summed E-state index contributed by atoms with van der Waals surface area (Å²) in [4.78, 5) is 16.2. The first-order valence-electron chi connectivity index (χ1n) is 10.5. The minimum atomic E-state index is -3.86. The largest absolute Gasteiger partial charge is 0.478 e. The zero-order valence-electron chi connectivity index (χ0n) is 18.0. The van der Waals surface area contributed by atoms with Crippen molar-refractivity contribution in [1.82, 2.24) is 0 Å². The van der Waals surface area contributed by atoms with Crippen LogP contribution in [-0.2, 0) is 10.0 Å². The second-order valence-electron chi connectivity index (χ2n) is 7.86. The van der Waals surface area contributed by atoms with Gasteiger partial charge in [0.2, 0.25) is 0 Å². The van der Waals surface area contributed by atoms with E-state index in [2.05, 4.69) is 9.62 Å². The Labute approximate surface area is 192 Å². The molecule has 7 nitrogen and oxygen atoms in total. The van der Waals surface area contributed by atoms with E-state index in [1.165, 1.54) is 24.3 Å². The molecule has 4 rings (SSSR count). The Hall–Kier alpha value is -3.59. The molecule has 33 heavy (non-hydrogen) atoms. The molecular formula is C24H24FN3O4S. The van der Waals surface area contributed by atoms with Crippen molar-refractivity contribution >= 4 is 33.1 Å². The van der Waals surface area contributed by atoms with Crippen LogP contribution in [0.4, 0.5) is 21.5 Å². The van der Waals surface area contributed by atoms with E-state index in [-0.39, 0.29) is 22.0 Å². The maximum Gasteiger partial charge on any atom is 0.337 e. The Morgan fingerprint density at radius 2 is 1.58 bits per heavy atom. The maximum absolute atomic E-state index is 13.2. The highest BCUT2D eigenvalue weighted by molar-refractivity contribution is 7.92. The molecule has 3 aromatic rings. The van der Waals surface area contributed by atoms with Crippen LogP contribution in [0, 0.1) is 12.7 Å². The molecule has 0 saturated carbocycles. The number of aryl methyl sites for hydroxylation is 1.